The molecule has 0 fully saturated rings. The molecule has 1 aromatic carbocycles. The summed E-state index contributed by atoms with van der Waals surface area (Å²) in [4.78, 5) is 11.2. The summed E-state index contributed by atoms with van der Waals surface area (Å²) in [7, 11) is 1.34. The van der Waals surface area contributed by atoms with E-state index in [-0.39, 0.29) is 12.6 Å². The van der Waals surface area contributed by atoms with Gasteiger partial charge in [-0.1, -0.05) is 13.8 Å². The molecule has 18 heavy (non-hydrogen) atoms. The summed E-state index contributed by atoms with van der Waals surface area (Å²) >= 11 is 0. The highest BCUT2D eigenvalue weighted by molar-refractivity contribution is 5.89. The number of benzene rings is 1. The van der Waals surface area contributed by atoms with Crippen LogP contribution in [0.25, 0.3) is 0 Å². The van der Waals surface area contributed by atoms with Crippen molar-refractivity contribution >= 4 is 5.97 Å². The van der Waals surface area contributed by atoms with Gasteiger partial charge >= 0.3 is 5.97 Å². The molecule has 1 aromatic rings. The number of methoxy groups -OCH3 is 1. The van der Waals surface area contributed by atoms with E-state index in [0.717, 1.165) is 0 Å². The van der Waals surface area contributed by atoms with Crippen LogP contribution in [0.4, 0.5) is 0 Å². The van der Waals surface area contributed by atoms with E-state index in [0.29, 0.717) is 24.2 Å². The highest BCUT2D eigenvalue weighted by Gasteiger charge is 2.23. The molecule has 0 bridgehead atoms. The highest BCUT2D eigenvalue weighted by Crippen LogP contribution is 2.18. The van der Waals surface area contributed by atoms with E-state index < -0.39 is 5.60 Å². The molecule has 0 saturated carbocycles. The summed E-state index contributed by atoms with van der Waals surface area (Å²) in [6.07, 6.45) is 1.29. The lowest BCUT2D eigenvalue weighted by Crippen LogP contribution is -2.34. The third kappa shape index (κ3) is 3.74. The second-order valence-corrected chi connectivity index (χ2v) is 4.24. The Hall–Kier alpha value is -1.55. The number of ether oxygens (including phenoxy) is 2. The Bertz CT molecular complexity index is 379. The summed E-state index contributed by atoms with van der Waals surface area (Å²) in [5.41, 5.74) is -0.313. The van der Waals surface area contributed by atoms with Crippen molar-refractivity contribution in [1.82, 2.24) is 0 Å². The van der Waals surface area contributed by atoms with E-state index in [9.17, 15) is 9.90 Å². The fourth-order valence-corrected chi connectivity index (χ4v) is 1.48. The van der Waals surface area contributed by atoms with E-state index >= 15 is 0 Å². The third-order valence-corrected chi connectivity index (χ3v) is 3.10. The Morgan fingerprint density at radius 2 is 1.78 bits per heavy atom. The van der Waals surface area contributed by atoms with Crippen LogP contribution in [0.5, 0.6) is 5.75 Å². The van der Waals surface area contributed by atoms with Crippen LogP contribution in [0.3, 0.4) is 0 Å². The molecule has 0 aliphatic heterocycles. The van der Waals surface area contributed by atoms with Crippen molar-refractivity contribution in [2.45, 2.75) is 32.3 Å². The molecule has 0 aliphatic carbocycles. The molecule has 0 spiro atoms. The van der Waals surface area contributed by atoms with Crippen LogP contribution < -0.4 is 4.74 Å². The quantitative estimate of drug-likeness (QED) is 0.790. The molecule has 4 heteroatoms. The van der Waals surface area contributed by atoms with Gasteiger partial charge in [0.05, 0.1) is 18.3 Å². The van der Waals surface area contributed by atoms with Gasteiger partial charge in [0.25, 0.3) is 0 Å². The van der Waals surface area contributed by atoms with Crippen LogP contribution in [0.1, 0.15) is 37.0 Å². The van der Waals surface area contributed by atoms with Crippen molar-refractivity contribution in [3.8, 4) is 5.75 Å². The maximum absolute atomic E-state index is 11.2. The van der Waals surface area contributed by atoms with Gasteiger partial charge in [-0.3, -0.25) is 0 Å². The van der Waals surface area contributed by atoms with Crippen LogP contribution in [0.15, 0.2) is 24.3 Å². The average molecular weight is 252 g/mol. The Labute approximate surface area is 108 Å². The molecule has 0 aliphatic rings. The van der Waals surface area contributed by atoms with Gasteiger partial charge in [0.2, 0.25) is 0 Å². The van der Waals surface area contributed by atoms with Crippen molar-refractivity contribution in [3.05, 3.63) is 29.8 Å². The van der Waals surface area contributed by atoms with Gasteiger partial charge in [0.1, 0.15) is 12.4 Å². The number of hydrogen-bond donors (Lipinski definition) is 1. The minimum absolute atomic E-state index is 0.248. The normalized spacial score (nSPS) is 11.1. The predicted octanol–water partition coefficient (Wildman–Crippen LogP) is 2.40. The molecular formula is C14H20O4. The molecule has 0 amide bonds. The molecule has 0 heterocycles. The molecule has 0 radical (unpaired) electrons. The monoisotopic (exact) mass is 252 g/mol. The second kappa shape index (κ2) is 6.40. The smallest absolute Gasteiger partial charge is 0.337 e. The summed E-state index contributed by atoms with van der Waals surface area (Å²) < 4.78 is 10.1. The number of carbonyl (C=O) groups is 1. The first-order valence-electron chi connectivity index (χ1n) is 6.08. The molecule has 0 unspecified atom stereocenters. The number of rotatable bonds is 6. The lowest BCUT2D eigenvalue weighted by Gasteiger charge is -2.25. The van der Waals surface area contributed by atoms with Gasteiger partial charge in [0.15, 0.2) is 0 Å². The van der Waals surface area contributed by atoms with Crippen molar-refractivity contribution in [3.63, 3.8) is 0 Å². The first-order valence-corrected chi connectivity index (χ1v) is 6.08. The fraction of sp³-hybridized carbons (Fsp3) is 0.500. The van der Waals surface area contributed by atoms with Crippen LogP contribution in [0.2, 0.25) is 0 Å². The molecule has 1 N–H and O–H groups in total. The van der Waals surface area contributed by atoms with Crippen molar-refractivity contribution < 1.29 is 19.4 Å². The topological polar surface area (TPSA) is 55.8 Å². The SMILES string of the molecule is CCC(O)(CC)COc1ccc(C(=O)OC)cc1. The lowest BCUT2D eigenvalue weighted by molar-refractivity contribution is -0.0113. The molecular weight excluding hydrogens is 232 g/mol. The summed E-state index contributed by atoms with van der Waals surface area (Å²) in [6.45, 7) is 4.10. The molecule has 0 aromatic heterocycles. The van der Waals surface area contributed by atoms with E-state index in [1.54, 1.807) is 24.3 Å². The van der Waals surface area contributed by atoms with E-state index in [1.165, 1.54) is 7.11 Å². The largest absolute Gasteiger partial charge is 0.491 e. The zero-order valence-corrected chi connectivity index (χ0v) is 11.1. The summed E-state index contributed by atoms with van der Waals surface area (Å²) in [5, 5.41) is 10.1. The second-order valence-electron chi connectivity index (χ2n) is 4.24. The zero-order valence-electron chi connectivity index (χ0n) is 11.1. The summed E-state index contributed by atoms with van der Waals surface area (Å²) in [6, 6.07) is 6.66. The minimum atomic E-state index is -0.791. The van der Waals surface area contributed by atoms with Crippen molar-refractivity contribution in [1.29, 1.82) is 0 Å². The van der Waals surface area contributed by atoms with Gasteiger partial charge in [-0.15, -0.1) is 0 Å². The molecule has 0 saturated heterocycles. The highest BCUT2D eigenvalue weighted by atomic mass is 16.5. The number of carbonyl (C=O) groups excluding carboxylic acids is 1. The number of esters is 1. The average Bonchev–Trinajstić information content (AvgIpc) is 2.44. The zero-order chi connectivity index (χ0) is 13.6. The van der Waals surface area contributed by atoms with Gasteiger partial charge in [0, 0.05) is 0 Å². The Morgan fingerprint density at radius 1 is 1.22 bits per heavy atom. The Kier molecular flexibility index (Phi) is 5.16. The van der Waals surface area contributed by atoms with Crippen LogP contribution in [-0.4, -0.2) is 30.4 Å². The van der Waals surface area contributed by atoms with E-state index in [1.807, 2.05) is 13.8 Å². The molecule has 1 rings (SSSR count). The fourth-order valence-electron chi connectivity index (χ4n) is 1.48. The predicted molar refractivity (Wildman–Crippen MR) is 68.8 cm³/mol. The maximum Gasteiger partial charge on any atom is 0.337 e. The van der Waals surface area contributed by atoms with E-state index in [2.05, 4.69) is 4.74 Å². The Balaban J connectivity index is 2.62. The van der Waals surface area contributed by atoms with Gasteiger partial charge < -0.3 is 14.6 Å². The van der Waals surface area contributed by atoms with Crippen LogP contribution in [0, 0.1) is 0 Å². The first kappa shape index (κ1) is 14.5. The number of hydrogen-bond acceptors (Lipinski definition) is 4. The Morgan fingerprint density at radius 3 is 2.22 bits per heavy atom. The maximum atomic E-state index is 11.2. The number of aliphatic hydroxyl groups is 1. The van der Waals surface area contributed by atoms with Gasteiger partial charge in [-0.05, 0) is 37.1 Å². The molecule has 4 nitrogen and oxygen atoms in total. The van der Waals surface area contributed by atoms with Gasteiger partial charge in [-0.25, -0.2) is 4.79 Å². The lowest BCUT2D eigenvalue weighted by atomic mass is 9.99. The molecule has 100 valence electrons. The van der Waals surface area contributed by atoms with Crippen molar-refractivity contribution in [2.24, 2.45) is 0 Å². The first-order chi connectivity index (χ1) is 8.54. The van der Waals surface area contributed by atoms with Crippen molar-refractivity contribution in [2.75, 3.05) is 13.7 Å². The minimum Gasteiger partial charge on any atom is -0.491 e. The molecule has 0 atom stereocenters. The third-order valence-electron chi connectivity index (χ3n) is 3.10. The van der Waals surface area contributed by atoms with Crippen LogP contribution in [-0.2, 0) is 4.74 Å². The van der Waals surface area contributed by atoms with Gasteiger partial charge in [-0.2, -0.15) is 0 Å². The summed E-state index contributed by atoms with van der Waals surface area (Å²) in [5.74, 6) is 0.253. The van der Waals surface area contributed by atoms with E-state index in [4.69, 9.17) is 4.74 Å². The standard InChI is InChI=1S/C14H20O4/c1-4-14(16,5-2)10-18-12-8-6-11(7-9-12)13(15)17-3/h6-9,16H,4-5,10H2,1-3H3. The van der Waals surface area contributed by atoms with Crippen LogP contribution >= 0.6 is 0 Å².